The summed E-state index contributed by atoms with van der Waals surface area (Å²) in [6, 6.07) is 8.48. The van der Waals surface area contributed by atoms with Gasteiger partial charge in [-0.2, -0.15) is 11.3 Å². The van der Waals surface area contributed by atoms with Gasteiger partial charge in [0.1, 0.15) is 0 Å². The molecule has 0 aliphatic rings. The Hall–Kier alpha value is 0.380. The van der Waals surface area contributed by atoms with Gasteiger partial charge < -0.3 is 0 Å². The molecule has 0 aliphatic carbocycles. The van der Waals surface area contributed by atoms with E-state index in [-0.39, 0.29) is 0 Å². The summed E-state index contributed by atoms with van der Waals surface area (Å²) in [4.78, 5) is 0. The van der Waals surface area contributed by atoms with Crippen molar-refractivity contribution in [2.24, 2.45) is 0 Å². The number of halogens is 2. The third-order valence-corrected chi connectivity index (χ3v) is 4.78. The first-order valence-corrected chi connectivity index (χ1v) is 6.85. The van der Waals surface area contributed by atoms with Crippen molar-refractivity contribution in [3.8, 4) is 11.1 Å². The predicted molar refractivity (Wildman–Crippen MR) is 75.2 cm³/mol. The van der Waals surface area contributed by atoms with Gasteiger partial charge in [-0.15, -0.1) is 0 Å². The van der Waals surface area contributed by atoms with Crippen LogP contribution in [0.2, 0.25) is 0 Å². The maximum atomic E-state index is 2.38. The first kappa shape index (κ1) is 9.92. The fourth-order valence-corrected chi connectivity index (χ4v) is 3.63. The largest absolute Gasteiger partial charge is 0.151 e. The highest BCUT2D eigenvalue weighted by Crippen LogP contribution is 2.31. The van der Waals surface area contributed by atoms with Crippen molar-refractivity contribution >= 4 is 56.5 Å². The second-order valence-corrected chi connectivity index (χ2v) is 5.68. The molecule has 2 rings (SSSR count). The average molecular weight is 412 g/mol. The Morgan fingerprint density at radius 2 is 1.62 bits per heavy atom. The summed E-state index contributed by atoms with van der Waals surface area (Å²) in [6.45, 7) is 0. The molecule has 0 radical (unpaired) electrons. The van der Waals surface area contributed by atoms with Gasteiger partial charge in [-0.3, -0.25) is 0 Å². The Morgan fingerprint density at radius 1 is 0.846 bits per heavy atom. The topological polar surface area (TPSA) is 0 Å². The van der Waals surface area contributed by atoms with Gasteiger partial charge in [0.15, 0.2) is 0 Å². The molecule has 0 nitrogen and oxygen atoms in total. The van der Waals surface area contributed by atoms with Crippen molar-refractivity contribution < 1.29 is 0 Å². The van der Waals surface area contributed by atoms with Crippen LogP contribution in [0.5, 0.6) is 0 Å². The minimum atomic E-state index is 1.32. The minimum Gasteiger partial charge on any atom is -0.151 e. The molecular formula is C10H6I2S. The van der Waals surface area contributed by atoms with Gasteiger partial charge in [-0.05, 0) is 62.2 Å². The molecule has 0 aliphatic heterocycles. The predicted octanol–water partition coefficient (Wildman–Crippen LogP) is 4.62. The molecule has 1 heterocycles. The number of rotatable bonds is 1. The Labute approximate surface area is 109 Å². The molecule has 0 unspecified atom stereocenters. The van der Waals surface area contributed by atoms with Gasteiger partial charge in [0.2, 0.25) is 0 Å². The van der Waals surface area contributed by atoms with Gasteiger partial charge in [0.25, 0.3) is 0 Å². The van der Waals surface area contributed by atoms with Crippen molar-refractivity contribution in [1.82, 2.24) is 0 Å². The highest BCUT2D eigenvalue weighted by atomic mass is 127. The molecule has 0 saturated heterocycles. The number of hydrogen-bond acceptors (Lipinski definition) is 1. The summed E-state index contributed by atoms with van der Waals surface area (Å²) in [5, 5.41) is 4.39. The standard InChI is InChI=1S/C10H6I2S/c11-9-4-2-1-3-7(9)8-5-13-6-10(8)12/h1-6H. The molecule has 66 valence electrons. The lowest BCUT2D eigenvalue weighted by Crippen LogP contribution is -1.80. The third-order valence-electron chi connectivity index (χ3n) is 1.78. The summed E-state index contributed by atoms with van der Waals surface area (Å²) < 4.78 is 2.66. The van der Waals surface area contributed by atoms with E-state index in [1.165, 1.54) is 18.3 Å². The molecule has 0 atom stereocenters. The molecular weight excluding hydrogens is 406 g/mol. The van der Waals surface area contributed by atoms with E-state index in [9.17, 15) is 0 Å². The van der Waals surface area contributed by atoms with E-state index >= 15 is 0 Å². The van der Waals surface area contributed by atoms with Gasteiger partial charge in [0, 0.05) is 18.1 Å². The van der Waals surface area contributed by atoms with Crippen LogP contribution in [-0.4, -0.2) is 0 Å². The SMILES string of the molecule is Ic1ccccc1-c1cscc1I. The van der Waals surface area contributed by atoms with Gasteiger partial charge >= 0.3 is 0 Å². The maximum Gasteiger partial charge on any atom is 0.0316 e. The van der Waals surface area contributed by atoms with E-state index in [0.717, 1.165) is 0 Å². The molecule has 1 aromatic heterocycles. The molecule has 2 aromatic rings. The van der Waals surface area contributed by atoms with Gasteiger partial charge in [-0.1, -0.05) is 18.2 Å². The highest BCUT2D eigenvalue weighted by molar-refractivity contribution is 14.1. The van der Waals surface area contributed by atoms with E-state index in [1.807, 2.05) is 0 Å². The molecule has 13 heavy (non-hydrogen) atoms. The zero-order valence-corrected chi connectivity index (χ0v) is 11.8. The van der Waals surface area contributed by atoms with Crippen LogP contribution >= 0.6 is 56.5 Å². The normalized spacial score (nSPS) is 10.3. The van der Waals surface area contributed by atoms with E-state index in [1.54, 1.807) is 11.3 Å². The third kappa shape index (κ3) is 2.07. The second-order valence-electron chi connectivity index (χ2n) is 2.61. The fourth-order valence-electron chi connectivity index (χ4n) is 1.15. The monoisotopic (exact) mass is 412 g/mol. The first-order chi connectivity index (χ1) is 6.29. The van der Waals surface area contributed by atoms with Crippen LogP contribution in [-0.2, 0) is 0 Å². The Bertz CT molecular complexity index is 420. The number of hydrogen-bond donors (Lipinski definition) is 0. The lowest BCUT2D eigenvalue weighted by atomic mass is 10.1. The fraction of sp³-hybridized carbons (Fsp3) is 0. The van der Waals surface area contributed by atoms with E-state index in [2.05, 4.69) is 80.2 Å². The van der Waals surface area contributed by atoms with Crippen LogP contribution < -0.4 is 0 Å². The Kier molecular flexibility index (Phi) is 3.26. The molecule has 3 heteroatoms. The van der Waals surface area contributed by atoms with Crippen LogP contribution in [0, 0.1) is 7.14 Å². The van der Waals surface area contributed by atoms with Crippen molar-refractivity contribution in [1.29, 1.82) is 0 Å². The molecule has 0 spiro atoms. The van der Waals surface area contributed by atoms with Gasteiger partial charge in [-0.25, -0.2) is 0 Å². The van der Waals surface area contributed by atoms with Crippen molar-refractivity contribution in [2.75, 3.05) is 0 Å². The lowest BCUT2D eigenvalue weighted by Gasteiger charge is -2.01. The molecule has 0 saturated carbocycles. The summed E-state index contributed by atoms with van der Waals surface area (Å²) in [5.41, 5.74) is 2.70. The zero-order chi connectivity index (χ0) is 9.26. The van der Waals surface area contributed by atoms with Crippen molar-refractivity contribution in [2.45, 2.75) is 0 Å². The summed E-state index contributed by atoms with van der Waals surface area (Å²) in [7, 11) is 0. The van der Waals surface area contributed by atoms with Gasteiger partial charge in [0.05, 0.1) is 0 Å². The maximum absolute atomic E-state index is 2.38. The lowest BCUT2D eigenvalue weighted by molar-refractivity contribution is 1.61. The summed E-state index contributed by atoms with van der Waals surface area (Å²) >= 11 is 6.52. The molecule has 0 amide bonds. The van der Waals surface area contributed by atoms with E-state index in [0.29, 0.717) is 0 Å². The smallest absolute Gasteiger partial charge is 0.0316 e. The van der Waals surface area contributed by atoms with Crippen molar-refractivity contribution in [3.05, 3.63) is 42.2 Å². The number of thiophene rings is 1. The highest BCUT2D eigenvalue weighted by Gasteiger charge is 2.06. The summed E-state index contributed by atoms with van der Waals surface area (Å²) in [5.74, 6) is 0. The van der Waals surface area contributed by atoms with Crippen LogP contribution in [0.1, 0.15) is 0 Å². The van der Waals surface area contributed by atoms with Crippen LogP contribution in [0.4, 0.5) is 0 Å². The van der Waals surface area contributed by atoms with Crippen LogP contribution in [0.3, 0.4) is 0 Å². The molecule has 0 N–H and O–H groups in total. The first-order valence-electron chi connectivity index (χ1n) is 3.75. The van der Waals surface area contributed by atoms with E-state index in [4.69, 9.17) is 0 Å². The quantitative estimate of drug-likeness (QED) is 0.600. The van der Waals surface area contributed by atoms with Crippen LogP contribution in [0.15, 0.2) is 35.0 Å². The Balaban J connectivity index is 2.59. The van der Waals surface area contributed by atoms with Crippen molar-refractivity contribution in [3.63, 3.8) is 0 Å². The molecule has 1 aromatic carbocycles. The van der Waals surface area contributed by atoms with Crippen LogP contribution in [0.25, 0.3) is 11.1 Å². The zero-order valence-electron chi connectivity index (χ0n) is 6.63. The minimum absolute atomic E-state index is 1.32. The second kappa shape index (κ2) is 4.27. The molecule has 0 fully saturated rings. The summed E-state index contributed by atoms with van der Waals surface area (Å²) in [6.07, 6.45) is 0. The molecule has 0 bridgehead atoms. The number of benzene rings is 1. The average Bonchev–Trinajstić information content (AvgIpc) is 2.52. The Morgan fingerprint density at radius 3 is 2.23 bits per heavy atom. The van der Waals surface area contributed by atoms with E-state index < -0.39 is 0 Å².